The van der Waals surface area contributed by atoms with Crippen molar-refractivity contribution in [3.63, 3.8) is 0 Å². The lowest BCUT2D eigenvalue weighted by Crippen LogP contribution is -2.20. The Morgan fingerprint density at radius 1 is 1.41 bits per heavy atom. The van der Waals surface area contributed by atoms with E-state index in [4.69, 9.17) is 5.73 Å². The summed E-state index contributed by atoms with van der Waals surface area (Å²) in [5.41, 5.74) is 5.25. The number of hydrogen-bond donors (Lipinski definition) is 1. The first-order valence-corrected chi connectivity index (χ1v) is 6.37. The van der Waals surface area contributed by atoms with E-state index in [0.717, 1.165) is 29.3 Å². The molecule has 3 heterocycles. The topological polar surface area (TPSA) is 72.1 Å². The van der Waals surface area contributed by atoms with Crippen molar-refractivity contribution in [1.29, 1.82) is 0 Å². The number of aromatic nitrogens is 2. The summed E-state index contributed by atoms with van der Waals surface area (Å²) in [4.78, 5) is 23.4. The first kappa shape index (κ1) is 10.5. The van der Waals surface area contributed by atoms with Crippen molar-refractivity contribution in [2.45, 2.75) is 12.8 Å². The van der Waals surface area contributed by atoms with Crippen molar-refractivity contribution in [2.24, 2.45) is 5.73 Å². The lowest BCUT2D eigenvalue weighted by Gasteiger charge is -2.13. The van der Waals surface area contributed by atoms with Crippen molar-refractivity contribution >= 4 is 33.4 Å². The molecule has 0 aliphatic carbocycles. The van der Waals surface area contributed by atoms with Crippen molar-refractivity contribution in [1.82, 2.24) is 9.97 Å². The van der Waals surface area contributed by atoms with Crippen molar-refractivity contribution in [3.05, 3.63) is 17.1 Å². The SMILES string of the molecule is NC(=O)c1cc2cnc(N3CCCC3)nc2s1. The maximum Gasteiger partial charge on any atom is 0.258 e. The molecule has 1 aliphatic heterocycles. The molecule has 88 valence electrons. The van der Waals surface area contributed by atoms with Crippen molar-refractivity contribution in [2.75, 3.05) is 18.0 Å². The van der Waals surface area contributed by atoms with E-state index in [0.29, 0.717) is 4.88 Å². The van der Waals surface area contributed by atoms with Crippen LogP contribution in [0.25, 0.3) is 10.2 Å². The minimum atomic E-state index is -0.407. The van der Waals surface area contributed by atoms with Gasteiger partial charge in [-0.3, -0.25) is 4.79 Å². The van der Waals surface area contributed by atoms with E-state index in [2.05, 4.69) is 14.9 Å². The number of nitrogens with zero attached hydrogens (tertiary/aromatic N) is 3. The molecule has 0 bridgehead atoms. The summed E-state index contributed by atoms with van der Waals surface area (Å²) in [6.45, 7) is 2.03. The first-order valence-electron chi connectivity index (χ1n) is 5.55. The van der Waals surface area contributed by atoms with E-state index in [1.807, 2.05) is 0 Å². The molecule has 0 radical (unpaired) electrons. The molecule has 1 amide bonds. The van der Waals surface area contributed by atoms with E-state index in [1.165, 1.54) is 24.2 Å². The van der Waals surface area contributed by atoms with Gasteiger partial charge < -0.3 is 10.6 Å². The second-order valence-electron chi connectivity index (χ2n) is 4.10. The zero-order valence-corrected chi connectivity index (χ0v) is 10.0. The molecule has 0 aromatic carbocycles. The van der Waals surface area contributed by atoms with E-state index >= 15 is 0 Å². The quantitative estimate of drug-likeness (QED) is 0.871. The number of fused-ring (bicyclic) bond motifs is 1. The molecule has 2 N–H and O–H groups in total. The van der Waals surface area contributed by atoms with Gasteiger partial charge >= 0.3 is 0 Å². The fourth-order valence-corrected chi connectivity index (χ4v) is 2.86. The number of carbonyl (C=O) groups is 1. The number of thiophene rings is 1. The number of anilines is 1. The van der Waals surface area contributed by atoms with Gasteiger partial charge in [0.25, 0.3) is 5.91 Å². The standard InChI is InChI=1S/C11H12N4OS/c12-9(16)8-5-7-6-13-11(14-10(7)17-8)15-3-1-2-4-15/h5-6H,1-4H2,(H2,12,16). The van der Waals surface area contributed by atoms with Crippen LogP contribution in [0.5, 0.6) is 0 Å². The second-order valence-corrected chi connectivity index (χ2v) is 5.13. The number of carbonyl (C=O) groups excluding carboxylic acids is 1. The third kappa shape index (κ3) is 1.84. The van der Waals surface area contributed by atoms with Gasteiger partial charge in [-0.15, -0.1) is 11.3 Å². The van der Waals surface area contributed by atoms with E-state index in [-0.39, 0.29) is 0 Å². The summed E-state index contributed by atoms with van der Waals surface area (Å²) in [5, 5.41) is 0.881. The third-order valence-corrected chi connectivity index (χ3v) is 3.95. The molecule has 6 heteroatoms. The predicted molar refractivity (Wildman–Crippen MR) is 67.4 cm³/mol. The summed E-state index contributed by atoms with van der Waals surface area (Å²) in [6, 6.07) is 1.75. The highest BCUT2D eigenvalue weighted by molar-refractivity contribution is 7.20. The zero-order chi connectivity index (χ0) is 11.8. The minimum Gasteiger partial charge on any atom is -0.365 e. The number of rotatable bonds is 2. The molecule has 5 nitrogen and oxygen atoms in total. The molecule has 2 aromatic heterocycles. The van der Waals surface area contributed by atoms with Crippen LogP contribution in [0.15, 0.2) is 12.3 Å². The highest BCUT2D eigenvalue weighted by atomic mass is 32.1. The summed E-state index contributed by atoms with van der Waals surface area (Å²) < 4.78 is 0. The Morgan fingerprint density at radius 3 is 2.88 bits per heavy atom. The number of amides is 1. The molecule has 1 aliphatic rings. The van der Waals surface area contributed by atoms with Gasteiger partial charge in [0.05, 0.1) is 4.88 Å². The van der Waals surface area contributed by atoms with Crippen LogP contribution < -0.4 is 10.6 Å². The monoisotopic (exact) mass is 248 g/mol. The molecule has 0 spiro atoms. The number of primary amides is 1. The van der Waals surface area contributed by atoms with Crippen LogP contribution in [-0.2, 0) is 0 Å². The third-order valence-electron chi connectivity index (χ3n) is 2.89. The molecule has 0 saturated carbocycles. The Labute approximate surface area is 102 Å². The van der Waals surface area contributed by atoms with Gasteiger partial charge in [-0.05, 0) is 18.9 Å². The Bertz CT molecular complexity index is 574. The number of nitrogens with two attached hydrogens (primary N) is 1. The molecular formula is C11H12N4OS. The summed E-state index contributed by atoms with van der Waals surface area (Å²) >= 11 is 1.33. The minimum absolute atomic E-state index is 0.407. The van der Waals surface area contributed by atoms with Crippen molar-refractivity contribution in [3.8, 4) is 0 Å². The number of hydrogen-bond acceptors (Lipinski definition) is 5. The average Bonchev–Trinajstić information content (AvgIpc) is 2.97. The van der Waals surface area contributed by atoms with Crippen LogP contribution in [0.3, 0.4) is 0 Å². The van der Waals surface area contributed by atoms with Gasteiger partial charge in [-0.1, -0.05) is 0 Å². The van der Waals surface area contributed by atoms with Crippen LogP contribution in [0.2, 0.25) is 0 Å². The molecule has 0 unspecified atom stereocenters. The first-order chi connectivity index (χ1) is 8.24. The Hall–Kier alpha value is -1.69. The van der Waals surface area contributed by atoms with Gasteiger partial charge in [0.2, 0.25) is 5.95 Å². The molecule has 2 aromatic rings. The summed E-state index contributed by atoms with van der Waals surface area (Å²) in [7, 11) is 0. The van der Waals surface area contributed by atoms with Crippen LogP contribution in [0.4, 0.5) is 5.95 Å². The van der Waals surface area contributed by atoms with Crippen LogP contribution >= 0.6 is 11.3 Å². The van der Waals surface area contributed by atoms with Gasteiger partial charge in [0.1, 0.15) is 4.83 Å². The van der Waals surface area contributed by atoms with Gasteiger partial charge in [-0.2, -0.15) is 0 Å². The van der Waals surface area contributed by atoms with E-state index < -0.39 is 5.91 Å². The average molecular weight is 248 g/mol. The summed E-state index contributed by atoms with van der Waals surface area (Å²) in [5.74, 6) is 0.351. The Morgan fingerprint density at radius 2 is 2.18 bits per heavy atom. The Kier molecular flexibility index (Phi) is 2.44. The van der Waals surface area contributed by atoms with Crippen LogP contribution in [0.1, 0.15) is 22.5 Å². The van der Waals surface area contributed by atoms with Gasteiger partial charge in [0, 0.05) is 24.7 Å². The smallest absolute Gasteiger partial charge is 0.258 e. The van der Waals surface area contributed by atoms with Crippen LogP contribution in [-0.4, -0.2) is 29.0 Å². The normalized spacial score (nSPS) is 15.6. The molecule has 1 saturated heterocycles. The fraction of sp³-hybridized carbons (Fsp3) is 0.364. The van der Waals surface area contributed by atoms with Crippen molar-refractivity contribution < 1.29 is 4.79 Å². The lowest BCUT2D eigenvalue weighted by atomic mass is 10.3. The van der Waals surface area contributed by atoms with E-state index in [1.54, 1.807) is 12.3 Å². The fourth-order valence-electron chi connectivity index (χ4n) is 2.01. The second kappa shape index (κ2) is 3.96. The zero-order valence-electron chi connectivity index (χ0n) is 9.22. The van der Waals surface area contributed by atoms with Gasteiger partial charge in [0.15, 0.2) is 0 Å². The van der Waals surface area contributed by atoms with E-state index in [9.17, 15) is 4.79 Å². The molecule has 3 rings (SSSR count). The lowest BCUT2D eigenvalue weighted by molar-refractivity contribution is 0.100. The predicted octanol–water partition coefficient (Wildman–Crippen LogP) is 1.39. The molecular weight excluding hydrogens is 236 g/mol. The largest absolute Gasteiger partial charge is 0.365 e. The maximum atomic E-state index is 11.1. The molecule has 0 atom stereocenters. The highest BCUT2D eigenvalue weighted by Gasteiger charge is 2.16. The highest BCUT2D eigenvalue weighted by Crippen LogP contribution is 2.25. The summed E-state index contributed by atoms with van der Waals surface area (Å²) in [6.07, 6.45) is 4.15. The molecule has 17 heavy (non-hydrogen) atoms. The van der Waals surface area contributed by atoms with Gasteiger partial charge in [-0.25, -0.2) is 9.97 Å². The van der Waals surface area contributed by atoms with Crippen LogP contribution in [0, 0.1) is 0 Å². The Balaban J connectivity index is 2.02. The maximum absolute atomic E-state index is 11.1. The molecule has 1 fully saturated rings.